The minimum absolute atomic E-state index is 0.0485. The molecule has 0 aliphatic rings. The summed E-state index contributed by atoms with van der Waals surface area (Å²) in [6.45, 7) is 8.40. The fraction of sp³-hybridized carbons (Fsp3) is 0.278. The lowest BCUT2D eigenvalue weighted by atomic mass is 9.87. The topological polar surface area (TPSA) is 26.3 Å². The fourth-order valence-electron chi connectivity index (χ4n) is 1.93. The van der Waals surface area contributed by atoms with Gasteiger partial charge in [0.05, 0.1) is 10.0 Å². The molecule has 0 aliphatic heterocycles. The Morgan fingerprint density at radius 1 is 1.00 bits per heavy atom. The van der Waals surface area contributed by atoms with E-state index in [1.807, 2.05) is 31.2 Å². The molecule has 2 rings (SSSR count). The van der Waals surface area contributed by atoms with Crippen LogP contribution in [0.1, 0.15) is 42.3 Å². The summed E-state index contributed by atoms with van der Waals surface area (Å²) in [6, 6.07) is 11.2. The second kappa shape index (κ2) is 6.55. The summed E-state index contributed by atoms with van der Waals surface area (Å²) in [5.41, 5.74) is 2.82. The normalized spacial score (nSPS) is 11.4. The van der Waals surface area contributed by atoms with Crippen LogP contribution in [0.15, 0.2) is 45.3 Å². The molecular formula is C18H18Br2O2. The van der Waals surface area contributed by atoms with E-state index in [1.54, 1.807) is 12.1 Å². The maximum absolute atomic E-state index is 12.2. The van der Waals surface area contributed by atoms with Gasteiger partial charge < -0.3 is 4.74 Å². The van der Waals surface area contributed by atoms with Gasteiger partial charge >= 0.3 is 5.97 Å². The third-order valence-corrected chi connectivity index (χ3v) is 4.88. The van der Waals surface area contributed by atoms with Crippen LogP contribution in [-0.2, 0) is 5.41 Å². The first-order valence-electron chi connectivity index (χ1n) is 6.97. The Kier molecular flexibility index (Phi) is 5.13. The van der Waals surface area contributed by atoms with Gasteiger partial charge in [-0.05, 0) is 63.7 Å². The summed E-state index contributed by atoms with van der Waals surface area (Å²) in [7, 11) is 0. The van der Waals surface area contributed by atoms with Crippen molar-refractivity contribution in [2.75, 3.05) is 0 Å². The number of esters is 1. The molecule has 4 heteroatoms. The number of rotatable bonds is 2. The minimum atomic E-state index is -0.370. The first-order valence-corrected chi connectivity index (χ1v) is 8.55. The molecule has 0 heterocycles. The molecule has 0 unspecified atom stereocenters. The number of carbonyl (C=O) groups excluding carboxylic acids is 1. The van der Waals surface area contributed by atoms with E-state index in [-0.39, 0.29) is 11.4 Å². The zero-order valence-corrected chi connectivity index (χ0v) is 16.2. The smallest absolute Gasteiger partial charge is 0.343 e. The van der Waals surface area contributed by atoms with Crippen LogP contribution in [0.25, 0.3) is 0 Å². The van der Waals surface area contributed by atoms with Crippen LogP contribution in [0, 0.1) is 6.92 Å². The van der Waals surface area contributed by atoms with Crippen molar-refractivity contribution in [1.82, 2.24) is 0 Å². The molecule has 116 valence electrons. The summed E-state index contributed by atoms with van der Waals surface area (Å²) < 4.78 is 7.16. The second-order valence-corrected chi connectivity index (χ2v) is 7.96. The summed E-state index contributed by atoms with van der Waals surface area (Å²) in [4.78, 5) is 12.2. The van der Waals surface area contributed by atoms with E-state index in [4.69, 9.17) is 4.74 Å². The van der Waals surface area contributed by atoms with Crippen LogP contribution in [-0.4, -0.2) is 5.97 Å². The Morgan fingerprint density at radius 3 is 2.23 bits per heavy atom. The molecule has 0 bridgehead atoms. The molecule has 0 aromatic heterocycles. The van der Waals surface area contributed by atoms with Crippen LogP contribution in [0.5, 0.6) is 5.75 Å². The number of benzene rings is 2. The predicted octanol–water partition coefficient (Wildman–Crippen LogP) is 6.04. The van der Waals surface area contributed by atoms with E-state index in [0.717, 1.165) is 14.5 Å². The van der Waals surface area contributed by atoms with Gasteiger partial charge in [0.25, 0.3) is 0 Å². The molecule has 0 amide bonds. The van der Waals surface area contributed by atoms with E-state index in [0.29, 0.717) is 11.3 Å². The van der Waals surface area contributed by atoms with Crippen molar-refractivity contribution in [1.29, 1.82) is 0 Å². The van der Waals surface area contributed by atoms with Gasteiger partial charge in [-0.1, -0.05) is 48.8 Å². The first kappa shape index (κ1) is 17.2. The number of hydrogen-bond acceptors (Lipinski definition) is 2. The highest BCUT2D eigenvalue weighted by atomic mass is 79.9. The zero-order valence-electron chi connectivity index (χ0n) is 13.0. The molecule has 0 radical (unpaired) electrons. The SMILES string of the molecule is Cc1ccc(C(=O)Oc2ccc(C(C)(C)C)cc2Br)cc1Br. The number of carbonyl (C=O) groups is 1. The Hall–Kier alpha value is -1.13. The second-order valence-electron chi connectivity index (χ2n) is 6.25. The van der Waals surface area contributed by atoms with E-state index in [2.05, 4.69) is 52.6 Å². The van der Waals surface area contributed by atoms with E-state index in [9.17, 15) is 4.79 Å². The Morgan fingerprint density at radius 2 is 1.68 bits per heavy atom. The van der Waals surface area contributed by atoms with Crippen LogP contribution in [0.3, 0.4) is 0 Å². The van der Waals surface area contributed by atoms with Gasteiger partial charge in [0, 0.05) is 4.47 Å². The minimum Gasteiger partial charge on any atom is -0.422 e. The maximum atomic E-state index is 12.2. The zero-order chi connectivity index (χ0) is 16.5. The molecule has 0 aliphatic carbocycles. The van der Waals surface area contributed by atoms with Crippen molar-refractivity contribution in [3.8, 4) is 5.75 Å². The van der Waals surface area contributed by atoms with E-state index < -0.39 is 0 Å². The van der Waals surface area contributed by atoms with Crippen LogP contribution in [0.2, 0.25) is 0 Å². The monoisotopic (exact) mass is 424 g/mol. The van der Waals surface area contributed by atoms with Gasteiger partial charge in [0.1, 0.15) is 5.75 Å². The van der Waals surface area contributed by atoms with E-state index in [1.165, 1.54) is 5.56 Å². The highest BCUT2D eigenvalue weighted by molar-refractivity contribution is 9.10. The molecule has 0 fully saturated rings. The maximum Gasteiger partial charge on any atom is 0.343 e. The number of halogens is 2. The standard InChI is InChI=1S/C18H18Br2O2/c1-11-5-6-12(9-14(11)19)17(21)22-16-8-7-13(10-15(16)20)18(2,3)4/h5-10H,1-4H3. The molecule has 2 aromatic carbocycles. The van der Waals surface area contributed by atoms with Gasteiger partial charge in [-0.3, -0.25) is 0 Å². The van der Waals surface area contributed by atoms with Crippen molar-refractivity contribution in [3.63, 3.8) is 0 Å². The van der Waals surface area contributed by atoms with E-state index >= 15 is 0 Å². The van der Waals surface area contributed by atoms with Crippen LogP contribution in [0.4, 0.5) is 0 Å². The highest BCUT2D eigenvalue weighted by Gasteiger charge is 2.17. The highest BCUT2D eigenvalue weighted by Crippen LogP contribution is 2.32. The first-order chi connectivity index (χ1) is 10.2. The van der Waals surface area contributed by atoms with Crippen molar-refractivity contribution >= 4 is 37.8 Å². The lowest BCUT2D eigenvalue weighted by Crippen LogP contribution is -2.12. The fourth-order valence-corrected chi connectivity index (χ4v) is 2.77. The number of hydrogen-bond donors (Lipinski definition) is 0. The third kappa shape index (κ3) is 3.99. The lowest BCUT2D eigenvalue weighted by Gasteiger charge is -2.20. The van der Waals surface area contributed by atoms with Gasteiger partial charge in [-0.15, -0.1) is 0 Å². The Labute approximate surface area is 148 Å². The molecule has 0 N–H and O–H groups in total. The van der Waals surface area contributed by atoms with Gasteiger partial charge in [0.15, 0.2) is 0 Å². The van der Waals surface area contributed by atoms with Crippen molar-refractivity contribution in [2.45, 2.75) is 33.1 Å². The average Bonchev–Trinajstić information content (AvgIpc) is 2.42. The average molecular weight is 426 g/mol. The Bertz CT molecular complexity index is 716. The lowest BCUT2D eigenvalue weighted by molar-refractivity contribution is 0.0733. The quantitative estimate of drug-likeness (QED) is 0.433. The molecule has 2 aromatic rings. The largest absolute Gasteiger partial charge is 0.422 e. The molecular weight excluding hydrogens is 408 g/mol. The number of ether oxygens (including phenoxy) is 1. The van der Waals surface area contributed by atoms with Crippen molar-refractivity contribution in [3.05, 3.63) is 62.0 Å². The third-order valence-electron chi connectivity index (χ3n) is 3.41. The summed E-state index contributed by atoms with van der Waals surface area (Å²) in [6.07, 6.45) is 0. The van der Waals surface area contributed by atoms with Crippen LogP contribution < -0.4 is 4.74 Å². The summed E-state index contributed by atoms with van der Waals surface area (Å²) >= 11 is 6.91. The van der Waals surface area contributed by atoms with Crippen LogP contribution >= 0.6 is 31.9 Å². The Balaban J connectivity index is 2.23. The van der Waals surface area contributed by atoms with Gasteiger partial charge in [0.2, 0.25) is 0 Å². The molecule has 0 saturated heterocycles. The molecule has 0 saturated carbocycles. The van der Waals surface area contributed by atoms with Gasteiger partial charge in [-0.2, -0.15) is 0 Å². The van der Waals surface area contributed by atoms with Crippen molar-refractivity contribution in [2.24, 2.45) is 0 Å². The summed E-state index contributed by atoms with van der Waals surface area (Å²) in [5.74, 6) is 0.152. The molecule has 22 heavy (non-hydrogen) atoms. The summed E-state index contributed by atoms with van der Waals surface area (Å²) in [5, 5.41) is 0. The molecule has 0 atom stereocenters. The number of aryl methyl sites for hydroxylation is 1. The van der Waals surface area contributed by atoms with Gasteiger partial charge in [-0.25, -0.2) is 4.79 Å². The molecule has 2 nitrogen and oxygen atoms in total. The van der Waals surface area contributed by atoms with Crippen molar-refractivity contribution < 1.29 is 9.53 Å². The molecule has 0 spiro atoms. The predicted molar refractivity (Wildman–Crippen MR) is 96.7 cm³/mol.